The van der Waals surface area contributed by atoms with Gasteiger partial charge in [0.15, 0.2) is 0 Å². The molecule has 6 aromatic rings. The molecule has 51 heavy (non-hydrogen) atoms. The Morgan fingerprint density at radius 3 is 1.69 bits per heavy atom. The van der Waals surface area contributed by atoms with Crippen molar-refractivity contribution >= 4 is 45.1 Å². The molecule has 0 saturated carbocycles. The van der Waals surface area contributed by atoms with Crippen LogP contribution in [0.4, 0.5) is 11.4 Å². The molecule has 6 rings (SSSR count). The second-order valence-corrected chi connectivity index (χ2v) is 11.4. The molecule has 0 aliphatic rings. The van der Waals surface area contributed by atoms with Crippen molar-refractivity contribution < 1.29 is 38.4 Å². The Bertz CT molecular complexity index is 2290. The van der Waals surface area contributed by atoms with Crippen molar-refractivity contribution in [2.75, 3.05) is 28.4 Å². The van der Waals surface area contributed by atoms with Gasteiger partial charge in [0.25, 0.3) is 11.4 Å². The van der Waals surface area contributed by atoms with Crippen LogP contribution in [0.5, 0.6) is 11.5 Å². The lowest BCUT2D eigenvalue weighted by molar-refractivity contribution is -0.384. The van der Waals surface area contributed by atoms with E-state index in [2.05, 4.69) is 4.98 Å². The molecule has 14 heteroatoms. The van der Waals surface area contributed by atoms with Gasteiger partial charge in [-0.1, -0.05) is 12.1 Å². The molecule has 4 aromatic carbocycles. The van der Waals surface area contributed by atoms with Crippen molar-refractivity contribution in [1.82, 2.24) is 9.55 Å². The normalized spacial score (nSPS) is 10.7. The van der Waals surface area contributed by atoms with Crippen LogP contribution in [0.1, 0.15) is 43.0 Å². The van der Waals surface area contributed by atoms with Gasteiger partial charge < -0.3 is 28.5 Å². The van der Waals surface area contributed by atoms with Crippen LogP contribution >= 0.6 is 0 Å². The van der Waals surface area contributed by atoms with Crippen molar-refractivity contribution in [3.05, 3.63) is 139 Å². The largest absolute Gasteiger partial charge is 0.496 e. The van der Waals surface area contributed by atoms with Gasteiger partial charge in [0.05, 0.1) is 49.4 Å². The number of methoxy groups -OCH3 is 4. The second-order valence-electron chi connectivity index (χ2n) is 11.4. The van der Waals surface area contributed by atoms with E-state index in [0.717, 1.165) is 44.1 Å². The molecule has 0 saturated heterocycles. The molecule has 14 nitrogen and oxygen atoms in total. The number of nitrogens with one attached hydrogen (secondary N) is 1. The second kappa shape index (κ2) is 15.2. The average Bonchev–Trinajstić information content (AvgIpc) is 3.69. The molecule has 2 heterocycles. The summed E-state index contributed by atoms with van der Waals surface area (Å²) >= 11 is 0. The summed E-state index contributed by atoms with van der Waals surface area (Å²) < 4.78 is 22.2. The van der Waals surface area contributed by atoms with Gasteiger partial charge in [0, 0.05) is 78.4 Å². The molecule has 0 aliphatic heterocycles. The van der Waals surface area contributed by atoms with E-state index in [1.54, 1.807) is 60.7 Å². The van der Waals surface area contributed by atoms with E-state index in [1.807, 2.05) is 24.0 Å². The monoisotopic (exact) mass is 694 g/mol. The fraction of sp³-hybridized carbons (Fsp3) is 0.189. The van der Waals surface area contributed by atoms with Crippen molar-refractivity contribution in [3.63, 3.8) is 0 Å². The van der Waals surface area contributed by atoms with Crippen LogP contribution in [0.25, 0.3) is 21.8 Å². The van der Waals surface area contributed by atoms with E-state index >= 15 is 0 Å². The predicted molar refractivity (Wildman–Crippen MR) is 189 cm³/mol. The molecular formula is C37H34N4O10. The van der Waals surface area contributed by atoms with Crippen molar-refractivity contribution in [2.45, 2.75) is 12.8 Å². The number of carbonyl (C=O) groups is 2. The van der Waals surface area contributed by atoms with E-state index in [0.29, 0.717) is 35.5 Å². The Morgan fingerprint density at radius 1 is 0.667 bits per heavy atom. The number of H-pyrrole nitrogens is 1. The van der Waals surface area contributed by atoms with Gasteiger partial charge in [0.2, 0.25) is 0 Å². The molecule has 0 spiro atoms. The highest BCUT2D eigenvalue weighted by atomic mass is 16.6. The van der Waals surface area contributed by atoms with Crippen LogP contribution < -0.4 is 9.47 Å². The van der Waals surface area contributed by atoms with Crippen molar-refractivity contribution in [2.24, 2.45) is 7.05 Å². The number of non-ortho nitro benzene ring substituents is 2. The lowest BCUT2D eigenvalue weighted by Crippen LogP contribution is -2.03. The molecule has 2 aromatic heterocycles. The maximum Gasteiger partial charge on any atom is 0.337 e. The quantitative estimate of drug-likeness (QED) is 0.0898. The van der Waals surface area contributed by atoms with Crippen LogP contribution in [0, 0.1) is 20.2 Å². The van der Waals surface area contributed by atoms with Gasteiger partial charge in [-0.15, -0.1) is 0 Å². The number of esters is 2. The van der Waals surface area contributed by atoms with Crippen LogP contribution in [0.15, 0.2) is 85.2 Å². The van der Waals surface area contributed by atoms with Crippen LogP contribution in [0.3, 0.4) is 0 Å². The molecule has 262 valence electrons. The lowest BCUT2D eigenvalue weighted by atomic mass is 10.0. The van der Waals surface area contributed by atoms with Crippen LogP contribution in [0.2, 0.25) is 0 Å². The third-order valence-electron chi connectivity index (χ3n) is 8.41. The zero-order valence-corrected chi connectivity index (χ0v) is 28.4. The van der Waals surface area contributed by atoms with E-state index in [-0.39, 0.29) is 11.4 Å². The zero-order chi connectivity index (χ0) is 36.8. The number of fused-ring (bicyclic) bond motifs is 2. The van der Waals surface area contributed by atoms with Gasteiger partial charge in [-0.3, -0.25) is 20.2 Å². The first-order chi connectivity index (χ1) is 24.5. The minimum Gasteiger partial charge on any atom is -0.496 e. The number of hydrogen-bond donors (Lipinski definition) is 1. The number of nitrogens with zero attached hydrogens (tertiary/aromatic N) is 3. The van der Waals surface area contributed by atoms with Crippen LogP contribution in [-0.4, -0.2) is 59.8 Å². The number of nitro benzene ring substituents is 2. The minimum atomic E-state index is -0.437. The summed E-state index contributed by atoms with van der Waals surface area (Å²) in [6, 6.07) is 19.7. The van der Waals surface area contributed by atoms with E-state index < -0.39 is 21.8 Å². The van der Waals surface area contributed by atoms with Gasteiger partial charge in [-0.2, -0.15) is 0 Å². The van der Waals surface area contributed by atoms with Gasteiger partial charge in [0.1, 0.15) is 11.5 Å². The number of carbonyl (C=O) groups excluding carboxylic acids is 2. The minimum absolute atomic E-state index is 0.0429. The van der Waals surface area contributed by atoms with E-state index in [1.165, 1.54) is 40.6 Å². The number of aryl methyl sites for hydroxylation is 1. The fourth-order valence-corrected chi connectivity index (χ4v) is 5.82. The Hall–Kier alpha value is -6.70. The van der Waals surface area contributed by atoms with Crippen LogP contribution in [-0.2, 0) is 29.4 Å². The van der Waals surface area contributed by atoms with E-state index in [4.69, 9.17) is 18.9 Å². The first-order valence-electron chi connectivity index (χ1n) is 15.4. The third-order valence-corrected chi connectivity index (χ3v) is 8.41. The number of nitro groups is 2. The number of aromatic amines is 1. The SMILES string of the molecule is COC(=O)c1ccc(Cc2c[nH]c3ccc([N+](=O)[O-])cc23)c(OC)c1.COC(=O)c1ccc(Cc2cn(C)c3ccc([N+](=O)[O-])cc23)c(OC)c1. The highest BCUT2D eigenvalue weighted by Crippen LogP contribution is 2.31. The first kappa shape index (κ1) is 35.6. The zero-order valence-electron chi connectivity index (χ0n) is 28.4. The molecule has 0 amide bonds. The highest BCUT2D eigenvalue weighted by molar-refractivity contribution is 5.91. The maximum atomic E-state index is 11.7. The number of ether oxygens (including phenoxy) is 4. The Morgan fingerprint density at radius 2 is 1.18 bits per heavy atom. The Balaban J connectivity index is 0.000000198. The fourth-order valence-electron chi connectivity index (χ4n) is 5.82. The van der Waals surface area contributed by atoms with Crippen molar-refractivity contribution in [1.29, 1.82) is 0 Å². The summed E-state index contributed by atoms with van der Waals surface area (Å²) in [6.07, 6.45) is 4.79. The number of rotatable bonds is 10. The Kier molecular flexibility index (Phi) is 10.6. The molecule has 0 bridgehead atoms. The van der Waals surface area contributed by atoms with Gasteiger partial charge >= 0.3 is 11.9 Å². The smallest absolute Gasteiger partial charge is 0.337 e. The summed E-state index contributed by atoms with van der Waals surface area (Å²) in [5, 5.41) is 23.7. The molecule has 0 aliphatic carbocycles. The van der Waals surface area contributed by atoms with Crippen molar-refractivity contribution in [3.8, 4) is 11.5 Å². The topological polar surface area (TPSA) is 178 Å². The summed E-state index contributed by atoms with van der Waals surface area (Å²) in [5.41, 5.74) is 6.22. The summed E-state index contributed by atoms with van der Waals surface area (Å²) in [7, 11) is 7.61. The van der Waals surface area contributed by atoms with Gasteiger partial charge in [-0.25, -0.2) is 9.59 Å². The Labute approximate surface area is 291 Å². The standard InChI is InChI=1S/C19H18N2O5.C18H16N2O5/c1-20-11-14(16-10-15(21(23)24)6-7-17(16)20)8-12-4-5-13(19(22)26-3)9-18(12)25-2;1-24-17-8-12(18(21)25-2)4-3-11(17)7-13-10-19-16-6-5-14(20(22)23)9-15(13)16/h4-7,9-11H,8H2,1-3H3;3-6,8-10,19H,7H2,1-2H3. The first-order valence-corrected chi connectivity index (χ1v) is 15.4. The van der Waals surface area contributed by atoms with Gasteiger partial charge in [-0.05, 0) is 58.7 Å². The summed E-state index contributed by atoms with van der Waals surface area (Å²) in [6.45, 7) is 0. The third kappa shape index (κ3) is 7.64. The summed E-state index contributed by atoms with van der Waals surface area (Å²) in [4.78, 5) is 47.7. The summed E-state index contributed by atoms with van der Waals surface area (Å²) in [5.74, 6) is 0.251. The highest BCUT2D eigenvalue weighted by Gasteiger charge is 2.17. The molecule has 0 unspecified atom stereocenters. The average molecular weight is 695 g/mol. The lowest BCUT2D eigenvalue weighted by Gasteiger charge is -2.10. The number of aromatic nitrogens is 2. The molecule has 0 atom stereocenters. The molecule has 1 N–H and O–H groups in total. The predicted octanol–water partition coefficient (Wildman–Crippen LogP) is 6.93. The number of hydrogen-bond acceptors (Lipinski definition) is 10. The number of benzene rings is 4. The molecular weight excluding hydrogens is 660 g/mol. The van der Waals surface area contributed by atoms with E-state index in [9.17, 15) is 29.8 Å². The molecule has 0 radical (unpaired) electrons. The maximum absolute atomic E-state index is 11.7. The molecule has 0 fully saturated rings.